The predicted molar refractivity (Wildman–Crippen MR) is 143 cm³/mol. The van der Waals surface area contributed by atoms with Crippen LogP contribution in [0.5, 0.6) is 11.5 Å². The second-order valence-electron chi connectivity index (χ2n) is 10.2. The van der Waals surface area contributed by atoms with Gasteiger partial charge in [-0.25, -0.2) is 0 Å². The highest BCUT2D eigenvalue weighted by atomic mass is 32.2. The van der Waals surface area contributed by atoms with Gasteiger partial charge in [-0.05, 0) is 69.4 Å². The number of aryl methyl sites for hydroxylation is 1. The monoisotopic (exact) mass is 540 g/mol. The highest BCUT2D eigenvalue weighted by Gasteiger charge is 2.35. The number of benzene rings is 2. The van der Waals surface area contributed by atoms with Crippen molar-refractivity contribution in [2.75, 3.05) is 18.2 Å². The predicted octanol–water partition coefficient (Wildman–Crippen LogP) is 3.41. The molecule has 2 aromatic rings. The Morgan fingerprint density at radius 2 is 1.87 bits per heavy atom. The molecular weight excluding hydrogens is 508 g/mol. The second kappa shape index (κ2) is 11.5. The average molecular weight is 541 g/mol. The maximum atomic E-state index is 13.7. The zero-order valence-electron chi connectivity index (χ0n) is 21.9. The molecule has 0 saturated carbocycles. The van der Waals surface area contributed by atoms with E-state index in [1.807, 2.05) is 18.2 Å². The number of anilines is 1. The highest BCUT2D eigenvalue weighted by Crippen LogP contribution is 2.34. The number of hydrogen-bond donors (Lipinski definition) is 1. The lowest BCUT2D eigenvalue weighted by atomic mass is 10.0. The van der Waals surface area contributed by atoms with E-state index in [1.165, 1.54) is 11.8 Å². The van der Waals surface area contributed by atoms with Gasteiger partial charge in [0.25, 0.3) is 0 Å². The number of carbonyl (C=O) groups is 4. The quantitative estimate of drug-likeness (QED) is 0.532. The summed E-state index contributed by atoms with van der Waals surface area (Å²) in [6, 6.07) is 11.9. The van der Waals surface area contributed by atoms with Crippen LogP contribution in [0, 0.1) is 0 Å². The zero-order valence-corrected chi connectivity index (χ0v) is 22.8. The van der Waals surface area contributed by atoms with Crippen molar-refractivity contribution in [3.63, 3.8) is 0 Å². The Balaban J connectivity index is 1.53. The first-order valence-corrected chi connectivity index (χ1v) is 13.4. The molecule has 9 nitrogen and oxygen atoms in total. The third kappa shape index (κ3) is 6.86. The summed E-state index contributed by atoms with van der Waals surface area (Å²) < 4.78 is 16.2. The van der Waals surface area contributed by atoms with Crippen molar-refractivity contribution in [3.05, 3.63) is 53.6 Å². The van der Waals surface area contributed by atoms with Crippen LogP contribution in [0.15, 0.2) is 42.5 Å². The third-order valence-electron chi connectivity index (χ3n) is 6.03. The van der Waals surface area contributed by atoms with Crippen LogP contribution in [0.4, 0.5) is 5.69 Å². The molecule has 10 heteroatoms. The standard InChI is InChI=1S/C28H32N2O7S/c1-17(31)38-24(14-18-9-12-22-23(13-18)36-16-35-22)26(33)29-20-11-10-19-7-5-6-8-21(19)30(27(20)34)15-25(32)37-28(2,3)4/h5-9,12-13,20,24H,10-11,14-16H2,1-4H3,(H,29,33)/t20-,24?/m0/s1. The minimum absolute atomic E-state index is 0.136. The number of carbonyl (C=O) groups excluding carboxylic acids is 4. The molecule has 38 heavy (non-hydrogen) atoms. The van der Waals surface area contributed by atoms with Crippen LogP contribution in [0.1, 0.15) is 45.2 Å². The summed E-state index contributed by atoms with van der Waals surface area (Å²) >= 11 is 0.914. The van der Waals surface area contributed by atoms with Crippen molar-refractivity contribution in [3.8, 4) is 11.5 Å². The number of nitrogens with zero attached hydrogens (tertiary/aromatic N) is 1. The number of rotatable bonds is 7. The summed E-state index contributed by atoms with van der Waals surface area (Å²) in [6.45, 7) is 6.55. The first-order valence-electron chi connectivity index (χ1n) is 12.5. The van der Waals surface area contributed by atoms with Crippen molar-refractivity contribution in [2.24, 2.45) is 0 Å². The van der Waals surface area contributed by atoms with Crippen LogP contribution in [-0.4, -0.2) is 53.1 Å². The van der Waals surface area contributed by atoms with Crippen molar-refractivity contribution in [2.45, 2.75) is 63.9 Å². The lowest BCUT2D eigenvalue weighted by Gasteiger charge is -2.28. The van der Waals surface area contributed by atoms with Crippen molar-refractivity contribution in [1.82, 2.24) is 5.32 Å². The molecule has 1 N–H and O–H groups in total. The minimum atomic E-state index is -0.871. The molecule has 0 aliphatic carbocycles. The number of fused-ring (bicyclic) bond motifs is 2. The summed E-state index contributed by atoms with van der Waals surface area (Å²) in [6.07, 6.45) is 1.15. The van der Waals surface area contributed by atoms with Crippen LogP contribution in [0.3, 0.4) is 0 Å². The molecule has 2 aliphatic rings. The minimum Gasteiger partial charge on any atom is -0.459 e. The molecule has 1 unspecified atom stereocenters. The van der Waals surface area contributed by atoms with E-state index in [0.29, 0.717) is 30.0 Å². The van der Waals surface area contributed by atoms with Gasteiger partial charge in [-0.2, -0.15) is 0 Å². The number of ether oxygens (including phenoxy) is 3. The zero-order chi connectivity index (χ0) is 27.4. The number of esters is 1. The lowest BCUT2D eigenvalue weighted by Crippen LogP contribution is -2.52. The number of amides is 2. The molecule has 0 fully saturated rings. The molecule has 2 aliphatic heterocycles. The molecule has 0 bridgehead atoms. The molecule has 0 aromatic heterocycles. The van der Waals surface area contributed by atoms with Gasteiger partial charge >= 0.3 is 5.97 Å². The second-order valence-corrected chi connectivity index (χ2v) is 11.6. The van der Waals surface area contributed by atoms with Crippen LogP contribution in [-0.2, 0) is 36.8 Å². The lowest BCUT2D eigenvalue weighted by molar-refractivity contribution is -0.153. The van der Waals surface area contributed by atoms with Gasteiger partial charge in [-0.3, -0.25) is 24.1 Å². The maximum absolute atomic E-state index is 13.7. The Kier molecular flexibility index (Phi) is 8.30. The Morgan fingerprint density at radius 1 is 1.13 bits per heavy atom. The fraction of sp³-hybridized carbons (Fsp3) is 0.429. The van der Waals surface area contributed by atoms with Crippen molar-refractivity contribution < 1.29 is 33.4 Å². The normalized spacial score (nSPS) is 17.3. The molecule has 0 radical (unpaired) electrons. The van der Waals surface area contributed by atoms with E-state index in [1.54, 1.807) is 45.0 Å². The van der Waals surface area contributed by atoms with Gasteiger partial charge in [0.15, 0.2) is 16.6 Å². The first kappa shape index (κ1) is 27.5. The Morgan fingerprint density at radius 3 is 2.61 bits per heavy atom. The first-order chi connectivity index (χ1) is 18.0. The Hall–Kier alpha value is -3.53. The van der Waals surface area contributed by atoms with E-state index in [0.717, 1.165) is 22.9 Å². The van der Waals surface area contributed by atoms with Gasteiger partial charge < -0.3 is 19.5 Å². The van der Waals surface area contributed by atoms with Gasteiger partial charge in [-0.15, -0.1) is 0 Å². The molecule has 0 saturated heterocycles. The highest BCUT2D eigenvalue weighted by molar-refractivity contribution is 8.14. The fourth-order valence-electron chi connectivity index (χ4n) is 4.45. The largest absolute Gasteiger partial charge is 0.459 e. The summed E-state index contributed by atoms with van der Waals surface area (Å²) in [4.78, 5) is 53.2. The van der Waals surface area contributed by atoms with E-state index in [4.69, 9.17) is 14.2 Å². The van der Waals surface area contributed by atoms with E-state index >= 15 is 0 Å². The number of hydrogen-bond acceptors (Lipinski definition) is 8. The number of nitrogens with one attached hydrogen (secondary N) is 1. The maximum Gasteiger partial charge on any atom is 0.326 e. The summed E-state index contributed by atoms with van der Waals surface area (Å²) in [7, 11) is 0. The van der Waals surface area contributed by atoms with Gasteiger partial charge in [0.1, 0.15) is 18.2 Å². The third-order valence-corrected chi connectivity index (χ3v) is 7.03. The van der Waals surface area contributed by atoms with Gasteiger partial charge in [0.05, 0.1) is 5.25 Å². The summed E-state index contributed by atoms with van der Waals surface area (Å²) in [5.41, 5.74) is 1.62. The van der Waals surface area contributed by atoms with Gasteiger partial charge in [-0.1, -0.05) is 36.0 Å². The Bertz CT molecular complexity index is 1240. The smallest absolute Gasteiger partial charge is 0.326 e. The van der Waals surface area contributed by atoms with Gasteiger partial charge in [0.2, 0.25) is 18.6 Å². The van der Waals surface area contributed by atoms with Crippen LogP contribution >= 0.6 is 11.8 Å². The average Bonchev–Trinajstić information content (AvgIpc) is 3.26. The summed E-state index contributed by atoms with van der Waals surface area (Å²) in [5, 5.41) is 1.89. The van der Waals surface area contributed by atoms with Crippen LogP contribution < -0.4 is 19.7 Å². The van der Waals surface area contributed by atoms with E-state index in [-0.39, 0.29) is 24.9 Å². The molecule has 2 heterocycles. The topological polar surface area (TPSA) is 111 Å². The van der Waals surface area contributed by atoms with Crippen molar-refractivity contribution >= 4 is 40.3 Å². The van der Waals surface area contributed by atoms with E-state index in [2.05, 4.69) is 5.32 Å². The molecule has 4 rings (SSSR count). The number of para-hydroxylation sites is 1. The van der Waals surface area contributed by atoms with E-state index < -0.39 is 34.7 Å². The van der Waals surface area contributed by atoms with Gasteiger partial charge in [0, 0.05) is 12.6 Å². The molecule has 202 valence electrons. The van der Waals surface area contributed by atoms with Crippen LogP contribution in [0.25, 0.3) is 0 Å². The summed E-state index contributed by atoms with van der Waals surface area (Å²) in [5.74, 6) is -0.152. The number of thioether (sulfide) groups is 1. The van der Waals surface area contributed by atoms with Crippen LogP contribution in [0.2, 0.25) is 0 Å². The Labute approximate surface area is 226 Å². The van der Waals surface area contributed by atoms with E-state index in [9.17, 15) is 19.2 Å². The molecular formula is C28H32N2O7S. The SMILES string of the molecule is CC(=O)SC(Cc1ccc2c(c1)OCO2)C(=O)N[C@H]1CCc2ccccc2N(CC(=O)OC(C)(C)C)C1=O. The molecule has 2 aromatic carbocycles. The fourth-order valence-corrected chi connectivity index (χ4v) is 5.30. The molecule has 0 spiro atoms. The van der Waals surface area contributed by atoms with Crippen molar-refractivity contribution in [1.29, 1.82) is 0 Å². The molecule has 2 atom stereocenters. The molecule has 2 amide bonds.